The molecule has 2 aromatic rings. The predicted molar refractivity (Wildman–Crippen MR) is 111 cm³/mol. The number of para-hydroxylation sites is 2. The van der Waals surface area contributed by atoms with E-state index in [0.717, 1.165) is 36.2 Å². The number of fused-ring (bicyclic) bond motifs is 1. The largest absolute Gasteiger partial charge is 0.346 e. The molecule has 1 aromatic heterocycles. The zero-order valence-corrected chi connectivity index (χ0v) is 17.7. The van der Waals surface area contributed by atoms with E-state index in [9.17, 15) is 9.59 Å². The molecule has 0 bridgehead atoms. The fraction of sp³-hybridized carbons (Fsp3) is 0.591. The summed E-state index contributed by atoms with van der Waals surface area (Å²) in [6, 6.07) is 7.81. The first-order valence-corrected chi connectivity index (χ1v) is 10.2. The van der Waals surface area contributed by atoms with Gasteiger partial charge in [-0.15, -0.1) is 0 Å². The molecule has 6 nitrogen and oxygen atoms in total. The Kier molecular flexibility index (Phi) is 5.77. The molecule has 6 heteroatoms. The van der Waals surface area contributed by atoms with Crippen LogP contribution in [-0.2, 0) is 16.1 Å². The first-order valence-electron chi connectivity index (χ1n) is 10.2. The molecule has 1 N–H and O–H groups in total. The fourth-order valence-corrected chi connectivity index (χ4v) is 3.76. The Balaban J connectivity index is 1.91. The van der Waals surface area contributed by atoms with E-state index < -0.39 is 5.41 Å². The molecule has 28 heavy (non-hydrogen) atoms. The van der Waals surface area contributed by atoms with E-state index in [1.54, 1.807) is 0 Å². The lowest BCUT2D eigenvalue weighted by Crippen LogP contribution is -2.44. The number of hydrogen-bond donors (Lipinski definition) is 1. The van der Waals surface area contributed by atoms with Crippen molar-refractivity contribution in [2.24, 2.45) is 5.41 Å². The van der Waals surface area contributed by atoms with Gasteiger partial charge in [-0.25, -0.2) is 4.98 Å². The lowest BCUT2D eigenvalue weighted by molar-refractivity contribution is -0.135. The molecule has 0 saturated carbocycles. The van der Waals surface area contributed by atoms with Crippen LogP contribution in [0.5, 0.6) is 0 Å². The van der Waals surface area contributed by atoms with Gasteiger partial charge >= 0.3 is 0 Å². The van der Waals surface area contributed by atoms with Crippen LogP contribution in [0.3, 0.4) is 0 Å². The third kappa shape index (κ3) is 4.21. The minimum atomic E-state index is -0.482. The van der Waals surface area contributed by atoms with E-state index in [0.29, 0.717) is 0 Å². The first kappa shape index (κ1) is 20.4. The summed E-state index contributed by atoms with van der Waals surface area (Å²) < 4.78 is 1.96. The number of carbonyl (C=O) groups excluding carboxylic acids is 2. The Morgan fingerprint density at radius 3 is 2.64 bits per heavy atom. The highest BCUT2D eigenvalue weighted by Gasteiger charge is 2.28. The van der Waals surface area contributed by atoms with Crippen molar-refractivity contribution in [2.75, 3.05) is 6.54 Å². The zero-order valence-electron chi connectivity index (χ0n) is 17.7. The highest BCUT2D eigenvalue weighted by atomic mass is 16.2. The maximum Gasteiger partial charge on any atom is 0.242 e. The van der Waals surface area contributed by atoms with Crippen LogP contribution in [0.1, 0.15) is 65.7 Å². The molecule has 0 spiro atoms. The monoisotopic (exact) mass is 384 g/mol. The Hall–Kier alpha value is -2.37. The Morgan fingerprint density at radius 2 is 1.96 bits per heavy atom. The summed E-state index contributed by atoms with van der Waals surface area (Å²) in [7, 11) is 0. The molecule has 2 unspecified atom stereocenters. The van der Waals surface area contributed by atoms with Crippen molar-refractivity contribution in [1.82, 2.24) is 19.8 Å². The van der Waals surface area contributed by atoms with Crippen LogP contribution >= 0.6 is 0 Å². The van der Waals surface area contributed by atoms with Gasteiger partial charge in [0.15, 0.2) is 0 Å². The third-order valence-electron chi connectivity index (χ3n) is 5.52. The molecule has 2 atom stereocenters. The van der Waals surface area contributed by atoms with Crippen molar-refractivity contribution >= 4 is 22.8 Å². The molecule has 3 rings (SSSR count). The molecule has 1 aromatic carbocycles. The average Bonchev–Trinajstić information content (AvgIpc) is 3.00. The average molecular weight is 385 g/mol. The smallest absolute Gasteiger partial charge is 0.242 e. The second kappa shape index (κ2) is 7.94. The molecule has 0 radical (unpaired) electrons. The second-order valence-electron chi connectivity index (χ2n) is 8.92. The van der Waals surface area contributed by atoms with Crippen LogP contribution in [0.15, 0.2) is 24.3 Å². The minimum absolute atomic E-state index is 0.0328. The van der Waals surface area contributed by atoms with Gasteiger partial charge in [0, 0.05) is 18.0 Å². The summed E-state index contributed by atoms with van der Waals surface area (Å²) in [4.78, 5) is 32.3. The van der Waals surface area contributed by atoms with Crippen molar-refractivity contribution < 1.29 is 9.59 Å². The molecule has 152 valence electrons. The summed E-state index contributed by atoms with van der Waals surface area (Å²) in [6.45, 7) is 10.8. The molecule has 0 aliphatic carbocycles. The number of likely N-dealkylation sites (tertiary alicyclic amines) is 1. The van der Waals surface area contributed by atoms with E-state index in [-0.39, 0.29) is 30.4 Å². The van der Waals surface area contributed by atoms with Crippen LogP contribution in [0.25, 0.3) is 11.0 Å². The Labute approximate surface area is 167 Å². The number of amides is 2. The number of carbonyl (C=O) groups is 2. The van der Waals surface area contributed by atoms with E-state index in [4.69, 9.17) is 4.98 Å². The molecule has 2 amide bonds. The van der Waals surface area contributed by atoms with Crippen LogP contribution < -0.4 is 5.32 Å². The zero-order chi connectivity index (χ0) is 20.5. The quantitative estimate of drug-likeness (QED) is 0.875. The van der Waals surface area contributed by atoms with E-state index in [1.807, 2.05) is 61.4 Å². The third-order valence-corrected chi connectivity index (χ3v) is 5.52. The van der Waals surface area contributed by atoms with Gasteiger partial charge in [-0.3, -0.25) is 9.59 Å². The molecule has 1 fully saturated rings. The molecule has 1 aliphatic rings. The van der Waals surface area contributed by atoms with Crippen LogP contribution in [0.4, 0.5) is 0 Å². The number of aromatic nitrogens is 2. The highest BCUT2D eigenvalue weighted by molar-refractivity contribution is 5.83. The molecular formula is C22H32N4O2. The number of benzene rings is 1. The minimum Gasteiger partial charge on any atom is -0.346 e. The van der Waals surface area contributed by atoms with Crippen molar-refractivity contribution in [1.29, 1.82) is 0 Å². The van der Waals surface area contributed by atoms with Crippen LogP contribution in [-0.4, -0.2) is 38.9 Å². The summed E-state index contributed by atoms with van der Waals surface area (Å²) in [5.74, 6) is 0.803. The maximum absolute atomic E-state index is 13.1. The lowest BCUT2D eigenvalue weighted by Gasteiger charge is -2.34. The van der Waals surface area contributed by atoms with Gasteiger partial charge in [0.1, 0.15) is 12.4 Å². The number of imidazole rings is 1. The highest BCUT2D eigenvalue weighted by Crippen LogP contribution is 2.24. The van der Waals surface area contributed by atoms with Gasteiger partial charge in [-0.05, 0) is 45.2 Å². The van der Waals surface area contributed by atoms with Gasteiger partial charge < -0.3 is 14.8 Å². The number of nitrogens with zero attached hydrogens (tertiary/aromatic N) is 3. The van der Waals surface area contributed by atoms with Crippen molar-refractivity contribution in [3.05, 3.63) is 30.1 Å². The number of piperidine rings is 1. The summed E-state index contributed by atoms with van der Waals surface area (Å²) in [5, 5.41) is 3.05. The fourth-order valence-electron chi connectivity index (χ4n) is 3.76. The molecule has 2 heterocycles. The van der Waals surface area contributed by atoms with E-state index in [2.05, 4.69) is 12.2 Å². The van der Waals surface area contributed by atoms with Gasteiger partial charge in [0.05, 0.1) is 17.1 Å². The number of hydrogen-bond acceptors (Lipinski definition) is 3. The van der Waals surface area contributed by atoms with E-state index in [1.165, 1.54) is 6.42 Å². The predicted octanol–water partition coefficient (Wildman–Crippen LogP) is 3.66. The number of nitrogens with one attached hydrogen (secondary N) is 1. The van der Waals surface area contributed by atoms with Crippen molar-refractivity contribution in [2.45, 2.75) is 72.5 Å². The molecular weight excluding hydrogens is 352 g/mol. The molecule has 1 saturated heterocycles. The molecule has 1 aliphatic heterocycles. The first-order chi connectivity index (χ1) is 13.2. The normalized spacial score (nSPS) is 18.9. The topological polar surface area (TPSA) is 67.2 Å². The second-order valence-corrected chi connectivity index (χ2v) is 8.92. The van der Waals surface area contributed by atoms with Gasteiger partial charge in [0.25, 0.3) is 0 Å². The summed E-state index contributed by atoms with van der Waals surface area (Å²) >= 11 is 0. The van der Waals surface area contributed by atoms with Crippen molar-refractivity contribution in [3.63, 3.8) is 0 Å². The maximum atomic E-state index is 13.1. The summed E-state index contributed by atoms with van der Waals surface area (Å²) in [6.07, 6.45) is 3.30. The summed E-state index contributed by atoms with van der Waals surface area (Å²) in [5.41, 5.74) is 1.28. The van der Waals surface area contributed by atoms with Gasteiger partial charge in [-0.1, -0.05) is 32.9 Å². The lowest BCUT2D eigenvalue weighted by atomic mass is 9.95. The standard InChI is InChI=1S/C22H32N4O2/c1-15-10-8-9-13-25(15)19(27)14-26-18-12-7-6-11-17(18)24-20(26)16(2)23-21(28)22(3,4)5/h6-7,11-12,15-16H,8-10,13-14H2,1-5H3,(H,23,28). The Morgan fingerprint density at radius 1 is 1.25 bits per heavy atom. The van der Waals surface area contributed by atoms with Crippen LogP contribution in [0, 0.1) is 5.41 Å². The van der Waals surface area contributed by atoms with Crippen molar-refractivity contribution in [3.8, 4) is 0 Å². The SMILES string of the molecule is CC(NC(=O)C(C)(C)C)c1nc2ccccc2n1CC(=O)N1CCCCC1C. The van der Waals surface area contributed by atoms with Crippen LogP contribution in [0.2, 0.25) is 0 Å². The van der Waals surface area contributed by atoms with Gasteiger partial charge in [-0.2, -0.15) is 0 Å². The number of rotatable bonds is 4. The van der Waals surface area contributed by atoms with Gasteiger partial charge in [0.2, 0.25) is 11.8 Å². The Bertz CT molecular complexity index is 865. The van der Waals surface area contributed by atoms with E-state index >= 15 is 0 Å².